The molecule has 2 N–H and O–H groups in total. The van der Waals surface area contributed by atoms with Crippen LogP contribution >= 0.6 is 0 Å². The summed E-state index contributed by atoms with van der Waals surface area (Å²) >= 11 is 0. The number of carbonyl (C=O) groups excluding carboxylic acids is 3. The molecule has 0 aromatic heterocycles. The number of rotatable bonds is 8. The van der Waals surface area contributed by atoms with E-state index in [2.05, 4.69) is 10.6 Å². The summed E-state index contributed by atoms with van der Waals surface area (Å²) in [6.07, 6.45) is 0.260. The molecule has 34 heavy (non-hydrogen) atoms. The van der Waals surface area contributed by atoms with Gasteiger partial charge in [-0.1, -0.05) is 60.7 Å². The van der Waals surface area contributed by atoms with Gasteiger partial charge in [0.1, 0.15) is 6.54 Å². The van der Waals surface area contributed by atoms with Crippen molar-refractivity contribution >= 4 is 23.5 Å². The Bertz CT molecular complexity index is 1200. The van der Waals surface area contributed by atoms with E-state index >= 15 is 0 Å². The maximum absolute atomic E-state index is 13.6. The molecule has 4 amide bonds. The monoisotopic (exact) mass is 459 g/mol. The van der Waals surface area contributed by atoms with Gasteiger partial charge >= 0.3 is 6.03 Å². The maximum atomic E-state index is 13.6. The zero-order valence-corrected chi connectivity index (χ0v) is 18.9. The molecule has 1 saturated heterocycles. The Kier molecular flexibility index (Phi) is 6.49. The second kappa shape index (κ2) is 9.66. The third kappa shape index (κ3) is 4.43. The van der Waals surface area contributed by atoms with Crippen molar-refractivity contribution in [3.63, 3.8) is 0 Å². The van der Waals surface area contributed by atoms with E-state index in [0.29, 0.717) is 22.7 Å². The number of hydrogen-bond acceptors (Lipinski definition) is 5. The summed E-state index contributed by atoms with van der Waals surface area (Å²) < 4.78 is 10.5. The zero-order valence-electron chi connectivity index (χ0n) is 18.9. The van der Waals surface area contributed by atoms with Crippen molar-refractivity contribution in [1.82, 2.24) is 10.2 Å². The van der Waals surface area contributed by atoms with Gasteiger partial charge in [-0.2, -0.15) is 0 Å². The fraction of sp³-hybridized carbons (Fsp3) is 0.192. The molecule has 3 aromatic rings. The van der Waals surface area contributed by atoms with Gasteiger partial charge in [0.2, 0.25) is 5.91 Å². The molecule has 1 fully saturated rings. The summed E-state index contributed by atoms with van der Waals surface area (Å²) in [5.74, 6) is -0.0290. The normalized spacial score (nSPS) is 17.3. The molecule has 0 saturated carbocycles. The van der Waals surface area contributed by atoms with Crippen molar-refractivity contribution < 1.29 is 23.9 Å². The van der Waals surface area contributed by atoms with Crippen molar-refractivity contribution in [2.45, 2.75) is 12.0 Å². The smallest absolute Gasteiger partial charge is 0.325 e. The second-order valence-electron chi connectivity index (χ2n) is 7.87. The Hall–Kier alpha value is -4.33. The molecule has 0 aliphatic carbocycles. The molecule has 0 spiro atoms. The molecule has 174 valence electrons. The van der Waals surface area contributed by atoms with E-state index in [4.69, 9.17) is 9.47 Å². The number of ether oxygens (including phenoxy) is 2. The number of carbonyl (C=O) groups is 3. The minimum Gasteiger partial charge on any atom is -0.493 e. The van der Waals surface area contributed by atoms with Gasteiger partial charge in [0.25, 0.3) is 5.91 Å². The lowest BCUT2D eigenvalue weighted by Gasteiger charge is -2.27. The topological polar surface area (TPSA) is 97.0 Å². The number of nitrogens with one attached hydrogen (secondary N) is 2. The third-order valence-corrected chi connectivity index (χ3v) is 5.72. The van der Waals surface area contributed by atoms with Gasteiger partial charge < -0.3 is 20.1 Å². The summed E-state index contributed by atoms with van der Waals surface area (Å²) in [6.45, 7) is -0.428. The molecular formula is C26H25N3O5. The number of imide groups is 1. The largest absolute Gasteiger partial charge is 0.493 e. The lowest BCUT2D eigenvalue weighted by atomic mass is 9.83. The molecule has 3 aromatic carbocycles. The SMILES string of the molecule is COc1ccc(NC(=O)CN2C(=O)N[C@](Cc3ccccc3)(c3ccccc3)C2=O)cc1OC. The molecule has 4 rings (SSSR count). The first-order valence-corrected chi connectivity index (χ1v) is 10.7. The van der Waals surface area contributed by atoms with Crippen molar-refractivity contribution in [2.75, 3.05) is 26.1 Å². The first kappa shape index (κ1) is 22.8. The molecule has 0 radical (unpaired) electrons. The van der Waals surface area contributed by atoms with Crippen LogP contribution in [0.3, 0.4) is 0 Å². The van der Waals surface area contributed by atoms with Crippen LogP contribution < -0.4 is 20.1 Å². The van der Waals surface area contributed by atoms with Crippen molar-refractivity contribution in [3.05, 3.63) is 90.0 Å². The van der Waals surface area contributed by atoms with Crippen LogP contribution in [0.15, 0.2) is 78.9 Å². The molecule has 1 heterocycles. The summed E-state index contributed by atoms with van der Waals surface area (Å²) in [7, 11) is 3.01. The van der Waals surface area contributed by atoms with Crippen LogP contribution in [0, 0.1) is 0 Å². The molecule has 1 aliphatic rings. The van der Waals surface area contributed by atoms with Gasteiger partial charge in [-0.15, -0.1) is 0 Å². The molecular weight excluding hydrogens is 434 g/mol. The lowest BCUT2D eigenvalue weighted by Crippen LogP contribution is -2.46. The summed E-state index contributed by atoms with van der Waals surface area (Å²) in [5, 5.41) is 5.56. The highest BCUT2D eigenvalue weighted by Gasteiger charge is 2.52. The Morgan fingerprint density at radius 2 is 1.56 bits per heavy atom. The van der Waals surface area contributed by atoms with E-state index in [-0.39, 0.29) is 6.42 Å². The van der Waals surface area contributed by atoms with E-state index in [9.17, 15) is 14.4 Å². The highest BCUT2D eigenvalue weighted by atomic mass is 16.5. The van der Waals surface area contributed by atoms with Crippen LogP contribution in [0.25, 0.3) is 0 Å². The average Bonchev–Trinajstić information content (AvgIpc) is 3.10. The minimum absolute atomic E-state index is 0.260. The summed E-state index contributed by atoms with van der Waals surface area (Å²) in [4.78, 5) is 40.3. The number of nitrogens with zero attached hydrogens (tertiary/aromatic N) is 1. The molecule has 0 unspecified atom stereocenters. The van der Waals surface area contributed by atoms with Crippen LogP contribution in [0.1, 0.15) is 11.1 Å². The number of urea groups is 1. The van der Waals surface area contributed by atoms with Gasteiger partial charge in [0.15, 0.2) is 17.0 Å². The van der Waals surface area contributed by atoms with Crippen molar-refractivity contribution in [3.8, 4) is 11.5 Å². The molecule has 1 aliphatic heterocycles. The van der Waals surface area contributed by atoms with Gasteiger partial charge in [-0.3, -0.25) is 14.5 Å². The van der Waals surface area contributed by atoms with Crippen molar-refractivity contribution in [2.24, 2.45) is 0 Å². The van der Waals surface area contributed by atoms with Crippen LogP contribution in [0.5, 0.6) is 11.5 Å². The Morgan fingerprint density at radius 3 is 2.21 bits per heavy atom. The Morgan fingerprint density at radius 1 is 0.912 bits per heavy atom. The van der Waals surface area contributed by atoms with Crippen LogP contribution in [-0.2, 0) is 21.5 Å². The first-order valence-electron chi connectivity index (χ1n) is 10.7. The van der Waals surface area contributed by atoms with Gasteiger partial charge in [-0.25, -0.2) is 4.79 Å². The number of amides is 4. The highest BCUT2D eigenvalue weighted by Crippen LogP contribution is 2.33. The maximum Gasteiger partial charge on any atom is 0.325 e. The minimum atomic E-state index is -1.30. The average molecular weight is 460 g/mol. The fourth-order valence-corrected chi connectivity index (χ4v) is 4.07. The predicted molar refractivity (Wildman–Crippen MR) is 127 cm³/mol. The standard InChI is InChI=1S/C26H25N3O5/c1-33-21-14-13-20(15-22(21)34-2)27-23(30)17-29-24(31)26(28-25(29)32,19-11-7-4-8-12-19)16-18-9-5-3-6-10-18/h3-15H,16-17H2,1-2H3,(H,27,30)(H,28,32)/t26-/m1/s1. The molecule has 8 heteroatoms. The fourth-order valence-electron chi connectivity index (χ4n) is 4.07. The van der Waals surface area contributed by atoms with Crippen LogP contribution in [0.2, 0.25) is 0 Å². The molecule has 1 atom stereocenters. The van der Waals surface area contributed by atoms with Gasteiger partial charge in [-0.05, 0) is 23.3 Å². The number of hydrogen-bond donors (Lipinski definition) is 2. The lowest BCUT2D eigenvalue weighted by molar-refractivity contribution is -0.134. The molecule has 8 nitrogen and oxygen atoms in total. The summed E-state index contributed by atoms with van der Waals surface area (Å²) in [6, 6.07) is 22.8. The third-order valence-electron chi connectivity index (χ3n) is 5.72. The molecule has 0 bridgehead atoms. The number of benzene rings is 3. The van der Waals surface area contributed by atoms with E-state index in [1.165, 1.54) is 14.2 Å². The first-order chi connectivity index (χ1) is 16.5. The van der Waals surface area contributed by atoms with Crippen LogP contribution in [0.4, 0.5) is 10.5 Å². The van der Waals surface area contributed by atoms with Gasteiger partial charge in [0.05, 0.1) is 14.2 Å². The van der Waals surface area contributed by atoms with Gasteiger partial charge in [0, 0.05) is 18.2 Å². The zero-order chi connectivity index (χ0) is 24.1. The second-order valence-corrected chi connectivity index (χ2v) is 7.87. The predicted octanol–water partition coefficient (Wildman–Crippen LogP) is 3.33. The highest BCUT2D eigenvalue weighted by molar-refractivity contribution is 6.10. The number of methoxy groups -OCH3 is 2. The van der Waals surface area contributed by atoms with E-state index in [1.807, 2.05) is 48.5 Å². The summed E-state index contributed by atoms with van der Waals surface area (Å²) in [5.41, 5.74) is 0.688. The van der Waals surface area contributed by atoms with Crippen LogP contribution in [-0.4, -0.2) is 43.5 Å². The quantitative estimate of drug-likeness (QED) is 0.504. The number of anilines is 1. The van der Waals surface area contributed by atoms with Crippen molar-refractivity contribution in [1.29, 1.82) is 0 Å². The Balaban J connectivity index is 1.57. The van der Waals surface area contributed by atoms with E-state index in [1.54, 1.807) is 30.3 Å². The Labute approximate surface area is 197 Å². The van der Waals surface area contributed by atoms with E-state index < -0.39 is 29.9 Å². The van der Waals surface area contributed by atoms with E-state index in [0.717, 1.165) is 10.5 Å².